The van der Waals surface area contributed by atoms with Crippen molar-refractivity contribution in [2.75, 3.05) is 32.1 Å². The molecule has 0 spiro atoms. The van der Waals surface area contributed by atoms with Crippen molar-refractivity contribution in [1.29, 1.82) is 0 Å². The van der Waals surface area contributed by atoms with Crippen molar-refractivity contribution in [3.8, 4) is 0 Å². The third kappa shape index (κ3) is 4.72. The molecule has 0 bridgehead atoms. The number of anilines is 1. The van der Waals surface area contributed by atoms with Crippen LogP contribution >= 0.6 is 23.7 Å². The van der Waals surface area contributed by atoms with Crippen molar-refractivity contribution in [1.82, 2.24) is 9.88 Å². The van der Waals surface area contributed by atoms with E-state index in [1.165, 1.54) is 11.1 Å². The zero-order chi connectivity index (χ0) is 19.7. The van der Waals surface area contributed by atoms with Crippen LogP contribution in [0.25, 0.3) is 10.2 Å². The predicted octanol–water partition coefficient (Wildman–Crippen LogP) is 5.16. The summed E-state index contributed by atoms with van der Waals surface area (Å²) in [5.41, 5.74) is 6.28. The van der Waals surface area contributed by atoms with Gasteiger partial charge in [-0.25, -0.2) is 4.98 Å². The number of aryl methyl sites for hydroxylation is 4. The van der Waals surface area contributed by atoms with E-state index in [1.54, 1.807) is 11.3 Å². The number of fused-ring (bicyclic) bond motifs is 1. The van der Waals surface area contributed by atoms with Crippen LogP contribution in [0.2, 0.25) is 0 Å². The summed E-state index contributed by atoms with van der Waals surface area (Å²) >= 11 is 1.60. The third-order valence-corrected chi connectivity index (χ3v) is 5.90. The smallest absolute Gasteiger partial charge is 0.260 e. The fourth-order valence-electron chi connectivity index (χ4n) is 3.26. The van der Waals surface area contributed by atoms with E-state index in [4.69, 9.17) is 4.98 Å². The number of benzene rings is 2. The Morgan fingerprint density at radius 1 is 0.964 bits per heavy atom. The SMILES string of the molecule is Cc1ccc(C(=O)N(CCN(C)C)c2nc3cc(C)cc(C)c3s2)c(C)c1.Cl. The molecule has 3 aromatic rings. The van der Waals surface area contributed by atoms with Gasteiger partial charge in [0.2, 0.25) is 0 Å². The summed E-state index contributed by atoms with van der Waals surface area (Å²) in [6, 6.07) is 10.2. The number of hydrogen-bond donors (Lipinski definition) is 0. The monoisotopic (exact) mass is 417 g/mol. The number of rotatable bonds is 5. The molecule has 0 N–H and O–H groups in total. The second-order valence-corrected chi connectivity index (χ2v) is 8.48. The molecule has 0 aliphatic carbocycles. The number of likely N-dealkylation sites (N-methyl/N-ethyl adjacent to an activating group) is 1. The Bertz CT molecular complexity index is 997. The lowest BCUT2D eigenvalue weighted by Crippen LogP contribution is -2.37. The van der Waals surface area contributed by atoms with E-state index in [0.29, 0.717) is 6.54 Å². The van der Waals surface area contributed by atoms with Gasteiger partial charge in [-0.2, -0.15) is 0 Å². The second-order valence-electron chi connectivity index (χ2n) is 7.50. The van der Waals surface area contributed by atoms with E-state index in [1.807, 2.05) is 45.0 Å². The highest BCUT2D eigenvalue weighted by Gasteiger charge is 2.23. The largest absolute Gasteiger partial charge is 0.308 e. The first-order chi connectivity index (χ1) is 12.8. The zero-order valence-electron chi connectivity index (χ0n) is 17.4. The van der Waals surface area contributed by atoms with Crippen molar-refractivity contribution in [3.05, 3.63) is 58.1 Å². The molecule has 3 rings (SSSR count). The van der Waals surface area contributed by atoms with E-state index in [0.717, 1.165) is 38.6 Å². The molecule has 1 aromatic heterocycles. The fourth-order valence-corrected chi connectivity index (χ4v) is 4.30. The lowest BCUT2D eigenvalue weighted by molar-refractivity contribution is 0.0984. The van der Waals surface area contributed by atoms with Crippen molar-refractivity contribution in [2.24, 2.45) is 0 Å². The summed E-state index contributed by atoms with van der Waals surface area (Å²) in [5, 5.41) is 0.769. The maximum absolute atomic E-state index is 13.4. The number of nitrogens with zero attached hydrogens (tertiary/aromatic N) is 3. The van der Waals surface area contributed by atoms with Gasteiger partial charge in [-0.15, -0.1) is 12.4 Å². The van der Waals surface area contributed by atoms with Crippen LogP contribution in [-0.4, -0.2) is 43.0 Å². The van der Waals surface area contributed by atoms with Gasteiger partial charge in [0.05, 0.1) is 10.2 Å². The van der Waals surface area contributed by atoms with E-state index < -0.39 is 0 Å². The number of hydrogen-bond acceptors (Lipinski definition) is 4. The Morgan fingerprint density at radius 2 is 1.64 bits per heavy atom. The van der Waals surface area contributed by atoms with E-state index in [9.17, 15) is 4.79 Å². The van der Waals surface area contributed by atoms with Crippen LogP contribution in [0.5, 0.6) is 0 Å². The number of halogens is 1. The lowest BCUT2D eigenvalue weighted by Gasteiger charge is -2.23. The van der Waals surface area contributed by atoms with Gasteiger partial charge in [0, 0.05) is 18.7 Å². The van der Waals surface area contributed by atoms with Gasteiger partial charge < -0.3 is 4.90 Å². The lowest BCUT2D eigenvalue weighted by atomic mass is 10.0. The van der Waals surface area contributed by atoms with Crippen LogP contribution in [0.3, 0.4) is 0 Å². The first kappa shape index (κ1) is 22.3. The Labute approximate surface area is 177 Å². The Balaban J connectivity index is 0.00000280. The average Bonchev–Trinajstić information content (AvgIpc) is 2.98. The van der Waals surface area contributed by atoms with Gasteiger partial charge >= 0.3 is 0 Å². The number of carbonyl (C=O) groups excluding carboxylic acids is 1. The highest BCUT2D eigenvalue weighted by Crippen LogP contribution is 2.33. The first-order valence-corrected chi connectivity index (χ1v) is 9.99. The van der Waals surface area contributed by atoms with Crippen molar-refractivity contribution < 1.29 is 4.79 Å². The maximum Gasteiger partial charge on any atom is 0.260 e. The van der Waals surface area contributed by atoms with Gasteiger partial charge in [-0.3, -0.25) is 9.69 Å². The minimum absolute atomic E-state index is 0. The molecular weight excluding hydrogens is 390 g/mol. The standard InChI is InChI=1S/C22H27N3OS.ClH/c1-14-7-8-18(16(3)11-14)21(26)25(10-9-24(5)6)22-23-19-13-15(2)12-17(4)20(19)27-22;/h7-8,11-13H,9-10H2,1-6H3;1H. The molecule has 1 amide bonds. The number of aromatic nitrogens is 1. The van der Waals surface area contributed by atoms with E-state index in [-0.39, 0.29) is 18.3 Å². The molecule has 0 saturated carbocycles. The molecule has 0 atom stereocenters. The molecule has 4 nitrogen and oxygen atoms in total. The summed E-state index contributed by atoms with van der Waals surface area (Å²) in [4.78, 5) is 22.1. The molecule has 0 unspecified atom stereocenters. The van der Waals surface area contributed by atoms with E-state index >= 15 is 0 Å². The molecule has 2 aromatic carbocycles. The van der Waals surface area contributed by atoms with Crippen molar-refractivity contribution in [2.45, 2.75) is 27.7 Å². The van der Waals surface area contributed by atoms with Crippen molar-refractivity contribution >= 4 is 45.0 Å². The second kappa shape index (κ2) is 9.03. The molecule has 150 valence electrons. The highest BCUT2D eigenvalue weighted by molar-refractivity contribution is 7.22. The zero-order valence-corrected chi connectivity index (χ0v) is 19.0. The average molecular weight is 418 g/mol. The Hall–Kier alpha value is -1.95. The Kier molecular flexibility index (Phi) is 7.21. The number of amides is 1. The number of thiazole rings is 1. The summed E-state index contributed by atoms with van der Waals surface area (Å²) in [6.45, 7) is 9.62. The maximum atomic E-state index is 13.4. The molecule has 0 saturated heterocycles. The predicted molar refractivity (Wildman–Crippen MR) is 122 cm³/mol. The van der Waals surface area contributed by atoms with Gasteiger partial charge in [0.1, 0.15) is 0 Å². The molecule has 0 radical (unpaired) electrons. The molecule has 1 heterocycles. The number of carbonyl (C=O) groups is 1. The molecular formula is C22H28ClN3OS. The molecule has 0 aliphatic rings. The van der Waals surface area contributed by atoms with Crippen molar-refractivity contribution in [3.63, 3.8) is 0 Å². The summed E-state index contributed by atoms with van der Waals surface area (Å²) in [6.07, 6.45) is 0. The Morgan fingerprint density at radius 3 is 2.29 bits per heavy atom. The summed E-state index contributed by atoms with van der Waals surface area (Å²) in [5.74, 6) is 0.0165. The fraction of sp³-hybridized carbons (Fsp3) is 0.364. The minimum atomic E-state index is 0. The molecule has 0 fully saturated rings. The summed E-state index contributed by atoms with van der Waals surface area (Å²) < 4.78 is 1.15. The topological polar surface area (TPSA) is 36.4 Å². The first-order valence-electron chi connectivity index (χ1n) is 9.18. The van der Waals surface area contributed by atoms with Gasteiger partial charge in [0.15, 0.2) is 5.13 Å². The van der Waals surface area contributed by atoms with Crippen LogP contribution < -0.4 is 4.90 Å². The highest BCUT2D eigenvalue weighted by atomic mass is 35.5. The summed E-state index contributed by atoms with van der Waals surface area (Å²) in [7, 11) is 4.04. The molecule has 0 aliphatic heterocycles. The molecule has 28 heavy (non-hydrogen) atoms. The normalized spacial score (nSPS) is 11.0. The molecule has 6 heteroatoms. The third-order valence-electron chi connectivity index (χ3n) is 4.67. The van der Waals surface area contributed by atoms with E-state index in [2.05, 4.69) is 36.9 Å². The van der Waals surface area contributed by atoms with Crippen LogP contribution in [-0.2, 0) is 0 Å². The van der Waals surface area contributed by atoms with Crippen LogP contribution in [0.1, 0.15) is 32.6 Å². The minimum Gasteiger partial charge on any atom is -0.308 e. The van der Waals surface area contributed by atoms with Gasteiger partial charge in [-0.05, 0) is 70.6 Å². The quantitative estimate of drug-likeness (QED) is 0.575. The van der Waals surface area contributed by atoms with Gasteiger partial charge in [-0.1, -0.05) is 35.1 Å². The van der Waals surface area contributed by atoms with Crippen LogP contribution in [0, 0.1) is 27.7 Å². The van der Waals surface area contributed by atoms with Crippen LogP contribution in [0.4, 0.5) is 5.13 Å². The van der Waals surface area contributed by atoms with Gasteiger partial charge in [0.25, 0.3) is 5.91 Å². The van der Waals surface area contributed by atoms with Crippen LogP contribution in [0.15, 0.2) is 30.3 Å².